The molecule has 0 aliphatic carbocycles. The first-order valence-corrected chi connectivity index (χ1v) is 13.1. The molecule has 0 spiro atoms. The van der Waals surface area contributed by atoms with Gasteiger partial charge in [-0.15, -0.1) is 0 Å². The molecule has 0 radical (unpaired) electrons. The maximum atomic E-state index is 12.8. The number of hydrogen-bond donors (Lipinski definition) is 2. The third kappa shape index (κ3) is 6.11. The van der Waals surface area contributed by atoms with Crippen LogP contribution in [0.1, 0.15) is 45.4 Å². The van der Waals surface area contributed by atoms with Crippen molar-refractivity contribution in [1.29, 1.82) is 0 Å². The lowest BCUT2D eigenvalue weighted by molar-refractivity contribution is -0.121. The Balaban J connectivity index is 1.30. The third-order valence-electron chi connectivity index (χ3n) is 5.96. The summed E-state index contributed by atoms with van der Waals surface area (Å²) in [4.78, 5) is 23.9. The molecule has 10 nitrogen and oxygen atoms in total. The van der Waals surface area contributed by atoms with Gasteiger partial charge in [-0.25, -0.2) is 13.1 Å². The van der Waals surface area contributed by atoms with Crippen molar-refractivity contribution in [2.45, 2.75) is 56.5 Å². The minimum atomic E-state index is -3.57. The van der Waals surface area contributed by atoms with Crippen LogP contribution in [0.4, 0.5) is 5.69 Å². The van der Waals surface area contributed by atoms with E-state index in [1.807, 2.05) is 25.1 Å². The Kier molecular flexibility index (Phi) is 7.58. The maximum absolute atomic E-state index is 12.8. The zero-order chi connectivity index (χ0) is 25.0. The van der Waals surface area contributed by atoms with Crippen molar-refractivity contribution < 1.29 is 17.7 Å². The standard InChI is InChI=1S/C24H30N6O4S/c1-16(2)29-35(32,33)20-9-7-19(8-10-20)26-23(31)17(3)30-14-11-18(12-15-30)24-27-22(28-34-24)21-6-4-5-13-25-21/h4-10,13,16-18,29H,11-12,14-15H2,1-3H3,(H,26,31). The predicted molar refractivity (Wildman–Crippen MR) is 131 cm³/mol. The summed E-state index contributed by atoms with van der Waals surface area (Å²) >= 11 is 0. The van der Waals surface area contributed by atoms with E-state index >= 15 is 0 Å². The molecule has 1 fully saturated rings. The number of hydrogen-bond acceptors (Lipinski definition) is 8. The number of pyridine rings is 1. The number of nitrogens with one attached hydrogen (secondary N) is 2. The SMILES string of the molecule is CC(C)NS(=O)(=O)c1ccc(NC(=O)C(C)N2CCC(c3nc(-c4ccccn4)no3)CC2)cc1. The first kappa shape index (κ1) is 25.0. The third-order valence-corrected chi connectivity index (χ3v) is 7.64. The van der Waals surface area contributed by atoms with Gasteiger partial charge >= 0.3 is 0 Å². The number of likely N-dealkylation sites (tertiary alicyclic amines) is 1. The number of benzene rings is 1. The van der Waals surface area contributed by atoms with Gasteiger partial charge in [-0.3, -0.25) is 14.7 Å². The Morgan fingerprint density at radius 2 is 1.80 bits per heavy atom. The number of aromatic nitrogens is 3. The van der Waals surface area contributed by atoms with E-state index in [9.17, 15) is 13.2 Å². The van der Waals surface area contributed by atoms with Gasteiger partial charge in [-0.2, -0.15) is 4.98 Å². The molecule has 0 bridgehead atoms. The number of carbonyl (C=O) groups excluding carboxylic acids is 1. The number of sulfonamides is 1. The summed E-state index contributed by atoms with van der Waals surface area (Å²) < 4.78 is 32.6. The molecule has 1 unspecified atom stereocenters. The molecule has 11 heteroatoms. The van der Waals surface area contributed by atoms with Gasteiger partial charge in [0.2, 0.25) is 27.6 Å². The number of anilines is 1. The summed E-state index contributed by atoms with van der Waals surface area (Å²) in [6.45, 7) is 6.83. The molecule has 2 N–H and O–H groups in total. The lowest BCUT2D eigenvalue weighted by Gasteiger charge is -2.34. The van der Waals surface area contributed by atoms with Gasteiger partial charge < -0.3 is 9.84 Å². The summed E-state index contributed by atoms with van der Waals surface area (Å²) in [5.74, 6) is 1.08. The average molecular weight is 499 g/mol. The van der Waals surface area contributed by atoms with E-state index in [4.69, 9.17) is 4.52 Å². The number of piperidine rings is 1. The minimum absolute atomic E-state index is 0.139. The number of rotatable bonds is 8. The lowest BCUT2D eigenvalue weighted by atomic mass is 9.95. The monoisotopic (exact) mass is 498 g/mol. The Morgan fingerprint density at radius 1 is 1.09 bits per heavy atom. The van der Waals surface area contributed by atoms with Crippen LogP contribution in [0, 0.1) is 0 Å². The highest BCUT2D eigenvalue weighted by molar-refractivity contribution is 7.89. The molecule has 3 aromatic rings. The zero-order valence-electron chi connectivity index (χ0n) is 20.0. The molecule has 1 aliphatic heterocycles. The second-order valence-electron chi connectivity index (χ2n) is 8.95. The van der Waals surface area contributed by atoms with Crippen molar-refractivity contribution in [3.8, 4) is 11.5 Å². The highest BCUT2D eigenvalue weighted by Gasteiger charge is 2.30. The van der Waals surface area contributed by atoms with Crippen LogP contribution in [-0.2, 0) is 14.8 Å². The molecule has 0 saturated carbocycles. The number of amides is 1. The van der Waals surface area contributed by atoms with Crippen LogP contribution in [0.5, 0.6) is 0 Å². The van der Waals surface area contributed by atoms with Crippen LogP contribution in [0.15, 0.2) is 58.1 Å². The van der Waals surface area contributed by atoms with Crippen molar-refractivity contribution in [3.05, 3.63) is 54.6 Å². The van der Waals surface area contributed by atoms with Crippen molar-refractivity contribution in [2.75, 3.05) is 18.4 Å². The lowest BCUT2D eigenvalue weighted by Crippen LogP contribution is -2.45. The first-order valence-electron chi connectivity index (χ1n) is 11.7. The summed E-state index contributed by atoms with van der Waals surface area (Å²) in [5, 5.41) is 6.94. The quantitative estimate of drug-likeness (QED) is 0.485. The number of carbonyl (C=O) groups is 1. The van der Waals surface area contributed by atoms with Crippen molar-refractivity contribution >= 4 is 21.6 Å². The fourth-order valence-corrected chi connectivity index (χ4v) is 5.29. The van der Waals surface area contributed by atoms with Gasteiger partial charge in [-0.05, 0) is 83.1 Å². The summed E-state index contributed by atoms with van der Waals surface area (Å²) in [5.41, 5.74) is 1.22. The summed E-state index contributed by atoms with van der Waals surface area (Å²) in [6, 6.07) is 11.2. The second-order valence-corrected chi connectivity index (χ2v) is 10.7. The normalized spacial score (nSPS) is 16.3. The van der Waals surface area contributed by atoms with E-state index in [1.165, 1.54) is 12.1 Å². The molecular formula is C24H30N6O4S. The Labute approximate surface area is 205 Å². The molecule has 1 amide bonds. The molecule has 186 valence electrons. The van der Waals surface area contributed by atoms with E-state index in [0.29, 0.717) is 23.1 Å². The first-order chi connectivity index (χ1) is 16.7. The Bertz CT molecular complexity index is 1240. The van der Waals surface area contributed by atoms with E-state index < -0.39 is 10.0 Å². The molecule has 2 aromatic heterocycles. The zero-order valence-corrected chi connectivity index (χ0v) is 20.8. The molecule has 1 atom stereocenters. The fourth-order valence-electron chi connectivity index (χ4n) is 4.04. The average Bonchev–Trinajstić information content (AvgIpc) is 3.34. The number of nitrogens with zero attached hydrogens (tertiary/aromatic N) is 4. The van der Waals surface area contributed by atoms with Crippen LogP contribution in [0.3, 0.4) is 0 Å². The van der Waals surface area contributed by atoms with Crippen molar-refractivity contribution in [3.63, 3.8) is 0 Å². The van der Waals surface area contributed by atoms with Crippen LogP contribution in [-0.4, -0.2) is 59.5 Å². The molecular weight excluding hydrogens is 468 g/mol. The van der Waals surface area contributed by atoms with Crippen molar-refractivity contribution in [1.82, 2.24) is 24.7 Å². The van der Waals surface area contributed by atoms with Crippen LogP contribution < -0.4 is 10.0 Å². The topological polar surface area (TPSA) is 130 Å². The highest BCUT2D eigenvalue weighted by atomic mass is 32.2. The molecule has 1 aromatic carbocycles. The van der Waals surface area contributed by atoms with Gasteiger partial charge in [0.1, 0.15) is 5.69 Å². The Hall–Kier alpha value is -3.15. The smallest absolute Gasteiger partial charge is 0.241 e. The second kappa shape index (κ2) is 10.6. The van der Waals surface area contributed by atoms with Crippen LogP contribution in [0.2, 0.25) is 0 Å². The van der Waals surface area contributed by atoms with Gasteiger partial charge in [0.15, 0.2) is 0 Å². The summed E-state index contributed by atoms with van der Waals surface area (Å²) in [6.07, 6.45) is 3.30. The van der Waals surface area contributed by atoms with Crippen LogP contribution >= 0.6 is 0 Å². The fraction of sp³-hybridized carbons (Fsp3) is 0.417. The predicted octanol–water partition coefficient (Wildman–Crippen LogP) is 3.02. The Morgan fingerprint density at radius 3 is 2.43 bits per heavy atom. The van der Waals surface area contributed by atoms with E-state index in [2.05, 4.69) is 30.1 Å². The maximum Gasteiger partial charge on any atom is 0.241 e. The molecule has 3 heterocycles. The van der Waals surface area contributed by atoms with E-state index in [0.717, 1.165) is 25.9 Å². The van der Waals surface area contributed by atoms with Crippen molar-refractivity contribution in [2.24, 2.45) is 0 Å². The van der Waals surface area contributed by atoms with Gasteiger partial charge in [0.05, 0.1) is 10.9 Å². The molecule has 4 rings (SSSR count). The largest absolute Gasteiger partial charge is 0.339 e. The molecule has 35 heavy (non-hydrogen) atoms. The summed E-state index contributed by atoms with van der Waals surface area (Å²) in [7, 11) is -3.57. The van der Waals surface area contributed by atoms with E-state index in [-0.39, 0.29) is 28.8 Å². The molecule has 1 saturated heterocycles. The van der Waals surface area contributed by atoms with Gasteiger partial charge in [-0.1, -0.05) is 11.2 Å². The minimum Gasteiger partial charge on any atom is -0.339 e. The molecule has 1 aliphatic rings. The van der Waals surface area contributed by atoms with Gasteiger partial charge in [0, 0.05) is 23.8 Å². The van der Waals surface area contributed by atoms with Crippen LogP contribution in [0.25, 0.3) is 11.5 Å². The van der Waals surface area contributed by atoms with E-state index in [1.54, 1.807) is 32.2 Å². The van der Waals surface area contributed by atoms with Gasteiger partial charge in [0.25, 0.3) is 0 Å². The highest BCUT2D eigenvalue weighted by Crippen LogP contribution is 2.29.